The van der Waals surface area contributed by atoms with Gasteiger partial charge in [0.25, 0.3) is 17.3 Å². The van der Waals surface area contributed by atoms with Crippen molar-refractivity contribution in [3.05, 3.63) is 128 Å². The number of rotatable bonds is 4. The number of para-hydroxylation sites is 2. The lowest BCUT2D eigenvalue weighted by Crippen LogP contribution is -2.35. The van der Waals surface area contributed by atoms with E-state index in [2.05, 4.69) is 0 Å². The predicted octanol–water partition coefficient (Wildman–Crippen LogP) is 5.90. The molecule has 1 heterocycles. The number of nitro benzene ring substituents is 2. The molecule has 0 aromatic heterocycles. The van der Waals surface area contributed by atoms with Crippen molar-refractivity contribution in [3.63, 3.8) is 0 Å². The summed E-state index contributed by atoms with van der Waals surface area (Å²) in [6, 6.07) is 17.3. The highest BCUT2D eigenvalue weighted by Gasteiger charge is 2.38. The van der Waals surface area contributed by atoms with Crippen LogP contribution in [-0.4, -0.2) is 20.9 Å². The predicted molar refractivity (Wildman–Crippen MR) is 133 cm³/mol. The van der Waals surface area contributed by atoms with Gasteiger partial charge in [-0.3, -0.25) is 29.9 Å². The van der Waals surface area contributed by atoms with Gasteiger partial charge in [0.1, 0.15) is 23.0 Å². The average molecular weight is 518 g/mol. The van der Waals surface area contributed by atoms with Gasteiger partial charge in [-0.1, -0.05) is 30.3 Å². The van der Waals surface area contributed by atoms with Crippen molar-refractivity contribution in [3.8, 4) is 0 Å². The third-order valence-electron chi connectivity index (χ3n) is 6.07. The van der Waals surface area contributed by atoms with Gasteiger partial charge in [-0.25, -0.2) is 8.78 Å². The lowest BCUT2D eigenvalue weighted by molar-refractivity contribution is -0.384. The number of nitrogens with zero attached hydrogens (tertiary/aromatic N) is 4. The fourth-order valence-corrected chi connectivity index (χ4v) is 4.45. The first-order chi connectivity index (χ1) is 18.2. The van der Waals surface area contributed by atoms with E-state index in [4.69, 9.17) is 0 Å². The Morgan fingerprint density at radius 1 is 0.711 bits per heavy atom. The molecule has 0 spiro atoms. The lowest BCUT2D eigenvalue weighted by atomic mass is 10.00. The van der Waals surface area contributed by atoms with Gasteiger partial charge >= 0.3 is 0 Å². The Balaban J connectivity index is 1.84. The summed E-state index contributed by atoms with van der Waals surface area (Å²) in [6.45, 7) is 0. The monoisotopic (exact) mass is 518 g/mol. The molecule has 0 saturated carbocycles. The summed E-state index contributed by atoms with van der Waals surface area (Å²) < 4.78 is 27.9. The summed E-state index contributed by atoms with van der Waals surface area (Å²) in [6.07, 6.45) is -1.67. The Kier molecular flexibility index (Phi) is 6.01. The van der Waals surface area contributed by atoms with Crippen molar-refractivity contribution in [1.29, 1.82) is 0 Å². The summed E-state index contributed by atoms with van der Waals surface area (Å²) in [5, 5.41) is 35.3. The van der Waals surface area contributed by atoms with E-state index in [0.717, 1.165) is 34.1 Å². The summed E-state index contributed by atoms with van der Waals surface area (Å²) in [5.74, 6) is -2.55. The quantitative estimate of drug-likeness (QED) is 0.263. The molecule has 0 radical (unpaired) electrons. The fraction of sp³-hybridized carbons (Fsp3) is 0.0385. The van der Waals surface area contributed by atoms with Crippen LogP contribution in [0.4, 0.5) is 42.9 Å². The molecule has 12 heteroatoms. The molecule has 0 saturated heterocycles. The van der Waals surface area contributed by atoms with E-state index in [9.17, 15) is 38.9 Å². The van der Waals surface area contributed by atoms with Gasteiger partial charge in [-0.15, -0.1) is 0 Å². The van der Waals surface area contributed by atoms with Crippen LogP contribution in [0.25, 0.3) is 0 Å². The van der Waals surface area contributed by atoms with E-state index < -0.39 is 45.0 Å². The molecule has 1 atom stereocenters. The second-order valence-corrected chi connectivity index (χ2v) is 8.24. The average Bonchev–Trinajstić information content (AvgIpc) is 2.90. The Bertz CT molecular complexity index is 1630. The van der Waals surface area contributed by atoms with Gasteiger partial charge in [0.05, 0.1) is 38.9 Å². The minimum atomic E-state index is -1.67. The van der Waals surface area contributed by atoms with Crippen LogP contribution >= 0.6 is 0 Å². The van der Waals surface area contributed by atoms with Crippen LogP contribution in [0.2, 0.25) is 0 Å². The van der Waals surface area contributed by atoms with Crippen LogP contribution in [0.5, 0.6) is 0 Å². The van der Waals surface area contributed by atoms with Gasteiger partial charge in [0.15, 0.2) is 6.23 Å². The minimum absolute atomic E-state index is 0.0176. The van der Waals surface area contributed by atoms with Gasteiger partial charge in [0, 0.05) is 5.56 Å². The lowest BCUT2D eigenvalue weighted by Gasteiger charge is -2.37. The molecule has 4 aromatic carbocycles. The Morgan fingerprint density at radius 3 is 1.87 bits per heavy atom. The van der Waals surface area contributed by atoms with Gasteiger partial charge in [-0.2, -0.15) is 0 Å². The molecule has 1 unspecified atom stereocenters. The first-order valence-electron chi connectivity index (χ1n) is 11.1. The molecule has 0 bridgehead atoms. The third kappa shape index (κ3) is 3.98. The third-order valence-corrected chi connectivity index (χ3v) is 6.07. The number of carbonyl (C=O) groups is 1. The Hall–Kier alpha value is -5.23. The van der Waals surface area contributed by atoms with E-state index >= 15 is 0 Å². The van der Waals surface area contributed by atoms with Crippen molar-refractivity contribution >= 4 is 40.0 Å². The van der Waals surface area contributed by atoms with Crippen LogP contribution < -0.4 is 9.80 Å². The maximum absolute atomic E-state index is 14.1. The zero-order chi connectivity index (χ0) is 27.1. The molecule has 1 amide bonds. The second kappa shape index (κ2) is 9.33. The molecule has 5 rings (SSSR count). The van der Waals surface area contributed by atoms with Crippen molar-refractivity contribution in [2.75, 3.05) is 9.80 Å². The fourth-order valence-electron chi connectivity index (χ4n) is 4.45. The number of aliphatic hydroxyl groups excluding tert-OH is 1. The zero-order valence-corrected chi connectivity index (χ0v) is 19.2. The number of hydrogen-bond donors (Lipinski definition) is 1. The van der Waals surface area contributed by atoms with Crippen LogP contribution in [-0.2, 0) is 0 Å². The molecule has 1 aliphatic rings. The highest BCUT2D eigenvalue weighted by Crippen LogP contribution is 2.47. The van der Waals surface area contributed by atoms with Crippen molar-refractivity contribution in [2.45, 2.75) is 6.23 Å². The number of nitro groups is 2. The highest BCUT2D eigenvalue weighted by molar-refractivity contribution is 6.16. The number of fused-ring (bicyclic) bond motifs is 2. The maximum Gasteiger partial charge on any atom is 0.296 e. The van der Waals surface area contributed by atoms with E-state index in [1.807, 2.05) is 0 Å². The number of carbonyl (C=O) groups excluding carboxylic acids is 1. The van der Waals surface area contributed by atoms with E-state index in [1.54, 1.807) is 0 Å². The van der Waals surface area contributed by atoms with Crippen molar-refractivity contribution < 1.29 is 28.5 Å². The minimum Gasteiger partial charge on any atom is -0.369 e. The molecule has 1 aliphatic heterocycles. The van der Waals surface area contributed by atoms with Crippen LogP contribution in [0, 0.1) is 31.9 Å². The van der Waals surface area contributed by atoms with E-state index in [1.165, 1.54) is 48.5 Å². The van der Waals surface area contributed by atoms with Crippen LogP contribution in [0.15, 0.2) is 84.9 Å². The first-order valence-corrected chi connectivity index (χ1v) is 11.1. The smallest absolute Gasteiger partial charge is 0.296 e. The first kappa shape index (κ1) is 24.5. The molecular weight excluding hydrogens is 502 g/mol. The molecule has 4 aromatic rings. The second-order valence-electron chi connectivity index (χ2n) is 8.24. The Labute approximate surface area is 212 Å². The molecular formula is C26H16F2N4O6. The maximum atomic E-state index is 14.1. The topological polar surface area (TPSA) is 130 Å². The highest BCUT2D eigenvalue weighted by atomic mass is 19.1. The molecule has 0 aliphatic carbocycles. The van der Waals surface area contributed by atoms with Gasteiger partial charge < -0.3 is 10.0 Å². The SMILES string of the molecule is O=C1c2ccccc2N(c2ccc(F)cc2[N+](=O)[O-])C(O)c2ccccc2N1c1ccc(F)cc1[N+](=O)[O-]. The molecule has 1 N–H and O–H groups in total. The number of hydrogen-bond acceptors (Lipinski definition) is 7. The number of amides is 1. The molecule has 190 valence electrons. The number of halogens is 2. The van der Waals surface area contributed by atoms with Gasteiger partial charge in [-0.05, 0) is 42.5 Å². The number of benzene rings is 4. The normalized spacial score (nSPS) is 14.8. The van der Waals surface area contributed by atoms with Crippen LogP contribution in [0.3, 0.4) is 0 Å². The van der Waals surface area contributed by atoms with Crippen molar-refractivity contribution in [1.82, 2.24) is 0 Å². The molecule has 10 nitrogen and oxygen atoms in total. The Morgan fingerprint density at radius 2 is 1.24 bits per heavy atom. The van der Waals surface area contributed by atoms with E-state index in [0.29, 0.717) is 12.1 Å². The zero-order valence-electron chi connectivity index (χ0n) is 19.2. The van der Waals surface area contributed by atoms with Gasteiger partial charge in [0.2, 0.25) is 0 Å². The summed E-state index contributed by atoms with van der Waals surface area (Å²) >= 11 is 0. The van der Waals surface area contributed by atoms with Crippen LogP contribution in [0.1, 0.15) is 22.1 Å². The van der Waals surface area contributed by atoms with E-state index in [-0.39, 0.29) is 33.9 Å². The summed E-state index contributed by atoms with van der Waals surface area (Å²) in [5.41, 5.74) is -1.79. The standard InChI is InChI=1S/C26H16F2N4O6/c27-15-9-11-21(23(13-15)31(35)36)29-19-7-3-1-5-17(19)25(33)30(20-8-4-2-6-18(20)26(29)34)22-12-10-16(28)14-24(22)32(37)38/h1-14,25,33H. The molecule has 38 heavy (non-hydrogen) atoms. The summed E-state index contributed by atoms with van der Waals surface area (Å²) in [4.78, 5) is 38.2. The number of aliphatic hydroxyl groups is 1. The molecule has 0 fully saturated rings. The summed E-state index contributed by atoms with van der Waals surface area (Å²) in [7, 11) is 0. The van der Waals surface area contributed by atoms with Crippen molar-refractivity contribution in [2.24, 2.45) is 0 Å². The largest absolute Gasteiger partial charge is 0.369 e. The number of anilines is 4.